The van der Waals surface area contributed by atoms with Gasteiger partial charge < -0.3 is 15.4 Å². The van der Waals surface area contributed by atoms with Crippen LogP contribution in [-0.2, 0) is 0 Å². The van der Waals surface area contributed by atoms with Crippen LogP contribution in [0.2, 0.25) is 0 Å². The van der Waals surface area contributed by atoms with Crippen molar-refractivity contribution >= 4 is 22.6 Å². The predicted molar refractivity (Wildman–Crippen MR) is 101 cm³/mol. The van der Waals surface area contributed by atoms with Crippen molar-refractivity contribution < 1.29 is 14.3 Å². The summed E-state index contributed by atoms with van der Waals surface area (Å²) in [6.07, 6.45) is 1.97. The monoisotopic (exact) mass is 366 g/mol. The lowest BCUT2D eigenvalue weighted by atomic mass is 10.0. The van der Waals surface area contributed by atoms with Gasteiger partial charge in [0.25, 0.3) is 5.91 Å². The van der Waals surface area contributed by atoms with Gasteiger partial charge in [-0.2, -0.15) is 0 Å². The quantitative estimate of drug-likeness (QED) is 0.721. The Morgan fingerprint density at radius 3 is 2.93 bits per heavy atom. The highest BCUT2D eigenvalue weighted by Crippen LogP contribution is 2.21. The van der Waals surface area contributed by atoms with Gasteiger partial charge in [-0.3, -0.25) is 9.42 Å². The van der Waals surface area contributed by atoms with Crippen molar-refractivity contribution in [2.45, 2.75) is 32.7 Å². The predicted octanol–water partition coefficient (Wildman–Crippen LogP) is 2.79. The summed E-state index contributed by atoms with van der Waals surface area (Å²) in [5, 5.41) is 18.6. The summed E-state index contributed by atoms with van der Waals surface area (Å²) in [6.45, 7) is 5.56. The van der Waals surface area contributed by atoms with Crippen LogP contribution in [0.15, 0.2) is 41.0 Å². The number of anilines is 1. The molecule has 2 aromatic carbocycles. The zero-order chi connectivity index (χ0) is 19.0. The largest absolute Gasteiger partial charge is 0.381 e. The second-order valence-corrected chi connectivity index (χ2v) is 7.17. The molecular formula is C20H22N4O3. The number of amides is 1. The standard InChI is InChI=1S/C20H22N4O3/c1-13-5-7-16(10-14(13)2)21-17-4-3-9-23(12-17)20(25)15-6-8-19-18(11-15)22-27-24(19)26/h5-8,10-11,17,21H,3-4,9,12H2,1-2H3/t17-/m1/s1. The van der Waals surface area contributed by atoms with E-state index in [2.05, 4.69) is 47.1 Å². The summed E-state index contributed by atoms with van der Waals surface area (Å²) in [7, 11) is 0. The normalized spacial score (nSPS) is 17.3. The van der Waals surface area contributed by atoms with E-state index in [0.717, 1.165) is 25.1 Å². The van der Waals surface area contributed by atoms with E-state index in [0.29, 0.717) is 28.0 Å². The lowest BCUT2D eigenvalue weighted by Crippen LogP contribution is -2.45. The highest BCUT2D eigenvalue weighted by molar-refractivity contribution is 5.97. The average Bonchev–Trinajstić information content (AvgIpc) is 3.05. The molecule has 1 aliphatic rings. The summed E-state index contributed by atoms with van der Waals surface area (Å²) in [6, 6.07) is 11.4. The Morgan fingerprint density at radius 1 is 1.26 bits per heavy atom. The van der Waals surface area contributed by atoms with Crippen molar-refractivity contribution in [3.8, 4) is 0 Å². The van der Waals surface area contributed by atoms with Crippen LogP contribution in [0.4, 0.5) is 5.69 Å². The first-order valence-corrected chi connectivity index (χ1v) is 9.14. The molecule has 3 aromatic rings. The molecule has 0 aliphatic carbocycles. The Labute approximate surface area is 157 Å². The van der Waals surface area contributed by atoms with Crippen LogP contribution >= 0.6 is 0 Å². The van der Waals surface area contributed by atoms with Gasteiger partial charge in [0, 0.05) is 41.6 Å². The molecule has 0 saturated carbocycles. The van der Waals surface area contributed by atoms with Gasteiger partial charge in [0.15, 0.2) is 0 Å². The van der Waals surface area contributed by atoms with Crippen LogP contribution in [0.25, 0.3) is 11.0 Å². The molecular weight excluding hydrogens is 344 g/mol. The van der Waals surface area contributed by atoms with Crippen molar-refractivity contribution in [1.29, 1.82) is 0 Å². The number of aryl methyl sites for hydroxylation is 2. The lowest BCUT2D eigenvalue weighted by Gasteiger charge is -2.34. The van der Waals surface area contributed by atoms with Crippen LogP contribution in [0.3, 0.4) is 0 Å². The van der Waals surface area contributed by atoms with Crippen molar-refractivity contribution in [2.24, 2.45) is 0 Å². The Morgan fingerprint density at radius 2 is 2.11 bits per heavy atom. The van der Waals surface area contributed by atoms with Crippen LogP contribution in [0, 0.1) is 19.1 Å². The fourth-order valence-electron chi connectivity index (χ4n) is 3.54. The zero-order valence-corrected chi connectivity index (χ0v) is 15.4. The number of carbonyl (C=O) groups is 1. The van der Waals surface area contributed by atoms with E-state index in [-0.39, 0.29) is 11.9 Å². The molecule has 1 fully saturated rings. The molecule has 4 rings (SSSR count). The second-order valence-electron chi connectivity index (χ2n) is 7.17. The summed E-state index contributed by atoms with van der Waals surface area (Å²) in [4.78, 5) is 15.1. The zero-order valence-electron chi connectivity index (χ0n) is 15.4. The molecule has 0 unspecified atom stereocenters. The molecule has 7 nitrogen and oxygen atoms in total. The molecule has 1 saturated heterocycles. The van der Waals surface area contributed by atoms with E-state index >= 15 is 0 Å². The fourth-order valence-corrected chi connectivity index (χ4v) is 3.54. The molecule has 1 N–H and O–H groups in total. The molecule has 27 heavy (non-hydrogen) atoms. The minimum Gasteiger partial charge on any atom is -0.381 e. The van der Waals surface area contributed by atoms with Gasteiger partial charge in [0.05, 0.1) is 0 Å². The third-order valence-electron chi connectivity index (χ3n) is 5.22. The molecule has 1 amide bonds. The number of benzene rings is 2. The van der Waals surface area contributed by atoms with Crippen molar-refractivity contribution in [2.75, 3.05) is 18.4 Å². The SMILES string of the molecule is Cc1ccc(N[C@@H]2CCCN(C(=O)c3ccc4c(c3)no[n+]4[O-])C2)cc1C. The average molecular weight is 366 g/mol. The Balaban J connectivity index is 1.47. The van der Waals surface area contributed by atoms with E-state index < -0.39 is 0 Å². The number of aromatic nitrogens is 2. The first-order chi connectivity index (χ1) is 13.0. The van der Waals surface area contributed by atoms with E-state index in [9.17, 15) is 10.0 Å². The Hall–Kier alpha value is -3.09. The molecule has 0 bridgehead atoms. The maximum atomic E-state index is 12.9. The van der Waals surface area contributed by atoms with Gasteiger partial charge in [-0.15, -0.1) is 0 Å². The molecule has 140 valence electrons. The van der Waals surface area contributed by atoms with E-state index in [1.54, 1.807) is 18.2 Å². The first kappa shape index (κ1) is 17.3. The van der Waals surface area contributed by atoms with E-state index in [1.165, 1.54) is 11.1 Å². The van der Waals surface area contributed by atoms with Gasteiger partial charge in [-0.05, 0) is 67.0 Å². The number of carbonyl (C=O) groups excluding carboxylic acids is 1. The number of nitrogens with one attached hydrogen (secondary N) is 1. The lowest BCUT2D eigenvalue weighted by molar-refractivity contribution is -0.782. The molecule has 7 heteroatoms. The van der Waals surface area contributed by atoms with E-state index in [4.69, 9.17) is 0 Å². The number of rotatable bonds is 3. The van der Waals surface area contributed by atoms with Gasteiger partial charge in [0.2, 0.25) is 11.0 Å². The van der Waals surface area contributed by atoms with Crippen LogP contribution in [-0.4, -0.2) is 35.1 Å². The number of nitrogens with zero attached hydrogens (tertiary/aromatic N) is 3. The summed E-state index contributed by atoms with van der Waals surface area (Å²) in [5.41, 5.74) is 4.82. The topological polar surface area (TPSA) is 85.3 Å². The van der Waals surface area contributed by atoms with Crippen molar-refractivity contribution in [3.05, 3.63) is 58.3 Å². The van der Waals surface area contributed by atoms with Crippen LogP contribution in [0.1, 0.15) is 34.3 Å². The van der Waals surface area contributed by atoms with Gasteiger partial charge >= 0.3 is 0 Å². The number of piperidine rings is 1. The number of fused-ring (bicyclic) bond motifs is 1. The first-order valence-electron chi connectivity index (χ1n) is 9.14. The second kappa shape index (κ2) is 6.90. The molecule has 1 atom stereocenters. The fraction of sp³-hybridized carbons (Fsp3) is 0.350. The van der Waals surface area contributed by atoms with Crippen molar-refractivity contribution in [3.63, 3.8) is 0 Å². The van der Waals surface area contributed by atoms with Crippen LogP contribution in [0.5, 0.6) is 0 Å². The third-order valence-corrected chi connectivity index (χ3v) is 5.22. The maximum absolute atomic E-state index is 12.9. The number of likely N-dealkylation sites (tertiary alicyclic amines) is 1. The van der Waals surface area contributed by atoms with Crippen molar-refractivity contribution in [1.82, 2.24) is 10.1 Å². The van der Waals surface area contributed by atoms with Crippen LogP contribution < -0.4 is 10.2 Å². The number of hydrogen-bond donors (Lipinski definition) is 1. The van der Waals surface area contributed by atoms with Gasteiger partial charge in [0.1, 0.15) is 0 Å². The number of hydrogen-bond acceptors (Lipinski definition) is 5. The minimum atomic E-state index is -0.0519. The highest BCUT2D eigenvalue weighted by Gasteiger charge is 2.25. The molecule has 2 heterocycles. The van der Waals surface area contributed by atoms with Gasteiger partial charge in [-0.25, -0.2) is 0 Å². The molecule has 0 spiro atoms. The summed E-state index contributed by atoms with van der Waals surface area (Å²) >= 11 is 0. The molecule has 0 radical (unpaired) electrons. The smallest absolute Gasteiger partial charge is 0.254 e. The third kappa shape index (κ3) is 3.45. The minimum absolute atomic E-state index is 0.0519. The summed E-state index contributed by atoms with van der Waals surface area (Å²) in [5.74, 6) is -0.0519. The van der Waals surface area contributed by atoms with Gasteiger partial charge in [-0.1, -0.05) is 6.07 Å². The highest BCUT2D eigenvalue weighted by atomic mass is 16.8. The molecule has 1 aromatic heterocycles. The Kier molecular flexibility index (Phi) is 4.43. The Bertz CT molecular complexity index is 998. The van der Waals surface area contributed by atoms with E-state index in [1.807, 2.05) is 4.90 Å². The molecule has 1 aliphatic heterocycles. The summed E-state index contributed by atoms with van der Waals surface area (Å²) < 4.78 is 4.57. The maximum Gasteiger partial charge on any atom is 0.254 e.